The monoisotopic (exact) mass is 378 g/mol. The lowest BCUT2D eigenvalue weighted by molar-refractivity contribution is -0.0328. The minimum atomic E-state index is -4.26. The van der Waals surface area contributed by atoms with Gasteiger partial charge in [-0.25, -0.2) is 0 Å². The smallest absolute Gasteiger partial charge is 0.446 e. The molecule has 1 aliphatic heterocycles. The summed E-state index contributed by atoms with van der Waals surface area (Å²) < 4.78 is 42.9. The van der Waals surface area contributed by atoms with E-state index in [0.717, 1.165) is 37.5 Å². The van der Waals surface area contributed by atoms with E-state index in [1.807, 2.05) is 12.1 Å². The van der Waals surface area contributed by atoms with E-state index in [9.17, 15) is 13.2 Å². The predicted molar refractivity (Wildman–Crippen MR) is 90.6 cm³/mol. The maximum atomic E-state index is 12.4. The maximum Gasteiger partial charge on any atom is 0.446 e. The molecule has 1 N–H and O–H groups in total. The minimum Gasteiger partial charge on any atom is -0.467 e. The Morgan fingerprint density at radius 1 is 1.08 bits per heavy atom. The molecule has 8 heteroatoms. The molecule has 132 valence electrons. The SMILES string of the molecule is Cl.FC(F)(F)Sc1ccc([C@@H](c2ccco2)N2CCNCC2)cc1. The zero-order valence-electron chi connectivity index (χ0n) is 12.8. The highest BCUT2D eigenvalue weighted by molar-refractivity contribution is 8.00. The lowest BCUT2D eigenvalue weighted by Crippen LogP contribution is -2.45. The summed E-state index contributed by atoms with van der Waals surface area (Å²) in [5, 5.41) is 3.30. The molecule has 1 fully saturated rings. The summed E-state index contributed by atoms with van der Waals surface area (Å²) in [4.78, 5) is 2.47. The molecule has 3 nitrogen and oxygen atoms in total. The summed E-state index contributed by atoms with van der Waals surface area (Å²) in [6, 6.07) is 10.2. The Balaban J connectivity index is 0.00000208. The minimum absolute atomic E-state index is 0. The van der Waals surface area contributed by atoms with Crippen molar-refractivity contribution in [1.82, 2.24) is 10.2 Å². The molecule has 0 spiro atoms. The lowest BCUT2D eigenvalue weighted by atomic mass is 10.0. The van der Waals surface area contributed by atoms with Gasteiger partial charge in [-0.3, -0.25) is 4.90 Å². The van der Waals surface area contributed by atoms with Crippen molar-refractivity contribution < 1.29 is 17.6 Å². The standard InChI is InChI=1S/C16H17F3N2OS.ClH/c17-16(18,19)23-13-5-3-12(4-6-13)15(14-2-1-11-22-14)21-9-7-20-8-10-21;/h1-6,11,15,20H,7-10H2;1H/t15-;/m0./s1. The third kappa shape index (κ3) is 4.92. The second-order valence-electron chi connectivity index (χ2n) is 5.32. The molecule has 0 unspecified atom stereocenters. The van der Waals surface area contributed by atoms with Crippen LogP contribution in [-0.2, 0) is 0 Å². The average molecular weight is 379 g/mol. The molecule has 0 radical (unpaired) electrons. The van der Waals surface area contributed by atoms with Crippen LogP contribution in [-0.4, -0.2) is 36.6 Å². The van der Waals surface area contributed by atoms with Crippen LogP contribution in [0.3, 0.4) is 0 Å². The molecule has 0 saturated carbocycles. The van der Waals surface area contributed by atoms with Crippen molar-refractivity contribution in [3.8, 4) is 0 Å². The number of nitrogens with one attached hydrogen (secondary N) is 1. The van der Waals surface area contributed by atoms with Crippen LogP contribution in [0.1, 0.15) is 17.4 Å². The van der Waals surface area contributed by atoms with Crippen LogP contribution in [0, 0.1) is 0 Å². The fourth-order valence-corrected chi connectivity index (χ4v) is 3.33. The number of rotatable bonds is 4. The first-order valence-corrected chi connectivity index (χ1v) is 8.18. The Labute approximate surface area is 149 Å². The Kier molecular flexibility index (Phi) is 6.62. The summed E-state index contributed by atoms with van der Waals surface area (Å²) in [5.74, 6) is 0.808. The van der Waals surface area contributed by atoms with Crippen LogP contribution in [0.25, 0.3) is 0 Å². The maximum absolute atomic E-state index is 12.4. The number of alkyl halides is 3. The van der Waals surface area contributed by atoms with Crippen molar-refractivity contribution >= 4 is 24.2 Å². The average Bonchev–Trinajstić information content (AvgIpc) is 3.03. The van der Waals surface area contributed by atoms with Gasteiger partial charge in [0.05, 0.1) is 12.3 Å². The topological polar surface area (TPSA) is 28.4 Å². The number of furan rings is 1. The van der Waals surface area contributed by atoms with Crippen molar-refractivity contribution in [3.05, 3.63) is 54.0 Å². The number of hydrogen-bond acceptors (Lipinski definition) is 4. The fourth-order valence-electron chi connectivity index (χ4n) is 2.79. The Morgan fingerprint density at radius 2 is 1.75 bits per heavy atom. The van der Waals surface area contributed by atoms with Crippen molar-refractivity contribution in [1.29, 1.82) is 0 Å². The molecule has 1 atom stereocenters. The van der Waals surface area contributed by atoms with Gasteiger partial charge < -0.3 is 9.73 Å². The molecule has 1 aliphatic rings. The Hall–Kier alpha value is -1.15. The molecule has 0 amide bonds. The summed E-state index contributed by atoms with van der Waals surface area (Å²) in [7, 11) is 0. The number of nitrogens with zero attached hydrogens (tertiary/aromatic N) is 1. The number of piperazine rings is 1. The number of thioether (sulfide) groups is 1. The second kappa shape index (κ2) is 8.29. The van der Waals surface area contributed by atoms with Crippen LogP contribution < -0.4 is 5.32 Å². The first-order valence-electron chi connectivity index (χ1n) is 7.37. The van der Waals surface area contributed by atoms with E-state index in [-0.39, 0.29) is 35.1 Å². The fraction of sp³-hybridized carbons (Fsp3) is 0.375. The van der Waals surface area contributed by atoms with Gasteiger partial charge in [0.15, 0.2) is 0 Å². The molecule has 2 aromatic rings. The van der Waals surface area contributed by atoms with E-state index in [1.165, 1.54) is 12.1 Å². The molecule has 3 rings (SSSR count). The summed E-state index contributed by atoms with van der Waals surface area (Å²) >= 11 is -0.0928. The quantitative estimate of drug-likeness (QED) is 0.803. The van der Waals surface area contributed by atoms with Crippen molar-refractivity contribution in [2.45, 2.75) is 16.4 Å². The third-order valence-electron chi connectivity index (χ3n) is 3.76. The normalized spacial score (nSPS) is 17.3. The molecular formula is C16H18ClF3N2OS. The van der Waals surface area contributed by atoms with E-state index in [0.29, 0.717) is 0 Å². The molecule has 2 heterocycles. The van der Waals surface area contributed by atoms with E-state index >= 15 is 0 Å². The van der Waals surface area contributed by atoms with Gasteiger partial charge in [0, 0.05) is 31.1 Å². The number of benzene rings is 1. The van der Waals surface area contributed by atoms with Gasteiger partial charge in [0.1, 0.15) is 5.76 Å². The highest BCUT2D eigenvalue weighted by Gasteiger charge is 2.30. The van der Waals surface area contributed by atoms with Crippen LogP contribution in [0.2, 0.25) is 0 Å². The van der Waals surface area contributed by atoms with Gasteiger partial charge in [0.25, 0.3) is 0 Å². The van der Waals surface area contributed by atoms with E-state index in [1.54, 1.807) is 18.4 Å². The Bertz CT molecular complexity index is 613. The van der Waals surface area contributed by atoms with Crippen LogP contribution >= 0.6 is 24.2 Å². The highest BCUT2D eigenvalue weighted by Crippen LogP contribution is 2.38. The molecule has 24 heavy (non-hydrogen) atoms. The van der Waals surface area contributed by atoms with Gasteiger partial charge in [-0.05, 0) is 41.6 Å². The van der Waals surface area contributed by atoms with Crippen molar-refractivity contribution in [2.24, 2.45) is 0 Å². The Morgan fingerprint density at radius 3 is 2.29 bits per heavy atom. The van der Waals surface area contributed by atoms with E-state index in [2.05, 4.69) is 10.2 Å². The molecule has 1 aromatic heterocycles. The second-order valence-corrected chi connectivity index (χ2v) is 6.46. The van der Waals surface area contributed by atoms with Crippen LogP contribution in [0.15, 0.2) is 52.0 Å². The first-order chi connectivity index (χ1) is 11.0. The van der Waals surface area contributed by atoms with Gasteiger partial charge in [-0.2, -0.15) is 13.2 Å². The van der Waals surface area contributed by atoms with Gasteiger partial charge in [0.2, 0.25) is 0 Å². The van der Waals surface area contributed by atoms with Gasteiger partial charge >= 0.3 is 5.51 Å². The third-order valence-corrected chi connectivity index (χ3v) is 4.50. The van der Waals surface area contributed by atoms with Crippen LogP contribution in [0.4, 0.5) is 13.2 Å². The molecule has 0 bridgehead atoms. The van der Waals surface area contributed by atoms with Crippen LogP contribution in [0.5, 0.6) is 0 Å². The highest BCUT2D eigenvalue weighted by atomic mass is 35.5. The molecule has 0 aliphatic carbocycles. The van der Waals surface area contributed by atoms with Crippen molar-refractivity contribution in [3.63, 3.8) is 0 Å². The molecule has 1 aromatic carbocycles. The largest absolute Gasteiger partial charge is 0.467 e. The molecular weight excluding hydrogens is 361 g/mol. The summed E-state index contributed by atoms with van der Waals surface area (Å²) in [5.41, 5.74) is -3.33. The summed E-state index contributed by atoms with van der Waals surface area (Å²) in [6.07, 6.45) is 1.62. The zero-order chi connectivity index (χ0) is 16.3. The molecule has 1 saturated heterocycles. The first kappa shape index (κ1) is 19.2. The van der Waals surface area contributed by atoms with Gasteiger partial charge in [-0.15, -0.1) is 12.4 Å². The predicted octanol–water partition coefficient (Wildman–Crippen LogP) is 4.31. The van der Waals surface area contributed by atoms with Gasteiger partial charge in [-0.1, -0.05) is 12.1 Å². The summed E-state index contributed by atoms with van der Waals surface area (Å²) in [6.45, 7) is 3.51. The van der Waals surface area contributed by atoms with Crippen molar-refractivity contribution in [2.75, 3.05) is 26.2 Å². The number of halogens is 4. The van der Waals surface area contributed by atoms with E-state index in [4.69, 9.17) is 4.42 Å². The van der Waals surface area contributed by atoms with E-state index < -0.39 is 5.51 Å². The number of hydrogen-bond donors (Lipinski definition) is 1. The zero-order valence-corrected chi connectivity index (χ0v) is 14.4. The lowest BCUT2D eigenvalue weighted by Gasteiger charge is -2.34.